The molecule has 0 saturated heterocycles. The quantitative estimate of drug-likeness (QED) is 0.332. The van der Waals surface area contributed by atoms with Gasteiger partial charge in [-0.15, -0.1) is 0 Å². The van der Waals surface area contributed by atoms with Gasteiger partial charge in [0.2, 0.25) is 0 Å². The van der Waals surface area contributed by atoms with Crippen molar-refractivity contribution in [2.75, 3.05) is 23.3 Å². The highest BCUT2D eigenvalue weighted by Gasteiger charge is 2.17. The lowest BCUT2D eigenvalue weighted by atomic mass is 9.99. The molecule has 0 aliphatic carbocycles. The Hall–Kier alpha value is -4.20. The fourth-order valence-corrected chi connectivity index (χ4v) is 4.03. The number of fused-ring (bicyclic) bond motifs is 1. The number of nitro groups is 1. The number of carbonyl (C=O) groups excluding carboxylic acids is 2. The van der Waals surface area contributed by atoms with Crippen LogP contribution in [0.15, 0.2) is 66.7 Å². The lowest BCUT2D eigenvalue weighted by molar-refractivity contribution is -0.384. The summed E-state index contributed by atoms with van der Waals surface area (Å²) in [5.41, 5.74) is 5.70. The summed E-state index contributed by atoms with van der Waals surface area (Å²) in [6.07, 6.45) is 1.61. The predicted octanol–water partition coefficient (Wildman–Crippen LogP) is 3.76. The molecule has 0 bridgehead atoms. The van der Waals surface area contributed by atoms with Gasteiger partial charge in [-0.25, -0.2) is 0 Å². The summed E-state index contributed by atoms with van der Waals surface area (Å²) in [4.78, 5) is 37.1. The van der Waals surface area contributed by atoms with E-state index in [1.54, 1.807) is 6.92 Å². The van der Waals surface area contributed by atoms with Gasteiger partial charge in [0.1, 0.15) is 0 Å². The van der Waals surface area contributed by atoms with Crippen molar-refractivity contribution in [1.29, 1.82) is 0 Å². The number of benzene rings is 3. The van der Waals surface area contributed by atoms with Gasteiger partial charge in [0, 0.05) is 37.5 Å². The molecule has 3 aromatic carbocycles. The van der Waals surface area contributed by atoms with Gasteiger partial charge >= 0.3 is 11.8 Å². The second kappa shape index (κ2) is 10.2. The number of carbonyl (C=O) groups is 2. The van der Waals surface area contributed by atoms with Crippen LogP contribution in [0.3, 0.4) is 0 Å². The number of nitro benzene ring substituents is 1. The fraction of sp³-hybridized carbons (Fsp3) is 0.231. The van der Waals surface area contributed by atoms with Crippen LogP contribution in [0.2, 0.25) is 0 Å². The summed E-state index contributed by atoms with van der Waals surface area (Å²) >= 11 is 0. The zero-order valence-corrected chi connectivity index (χ0v) is 18.9. The van der Waals surface area contributed by atoms with Crippen molar-refractivity contribution in [3.8, 4) is 0 Å². The summed E-state index contributed by atoms with van der Waals surface area (Å²) in [7, 11) is 0. The Kier molecular flexibility index (Phi) is 6.87. The molecule has 0 aromatic heterocycles. The van der Waals surface area contributed by atoms with Gasteiger partial charge in [0.05, 0.1) is 10.6 Å². The highest BCUT2D eigenvalue weighted by Crippen LogP contribution is 2.25. The third-order valence-corrected chi connectivity index (χ3v) is 6.02. The van der Waals surface area contributed by atoms with E-state index in [0.29, 0.717) is 18.5 Å². The maximum absolute atomic E-state index is 12.2. The van der Waals surface area contributed by atoms with Gasteiger partial charge in [0.25, 0.3) is 5.69 Å². The molecule has 2 N–H and O–H groups in total. The molecule has 1 heterocycles. The highest BCUT2D eigenvalue weighted by molar-refractivity contribution is 6.39. The minimum atomic E-state index is -0.857. The van der Waals surface area contributed by atoms with Gasteiger partial charge < -0.3 is 15.5 Å². The fourth-order valence-electron chi connectivity index (χ4n) is 4.03. The number of aryl methyl sites for hydroxylation is 1. The molecular formula is C26H26N4O4. The second-order valence-electron chi connectivity index (χ2n) is 8.32. The Morgan fingerprint density at radius 2 is 1.74 bits per heavy atom. The number of amides is 2. The zero-order valence-electron chi connectivity index (χ0n) is 18.9. The molecular weight excluding hydrogens is 432 g/mol. The first-order valence-corrected chi connectivity index (χ1v) is 11.2. The molecule has 1 aliphatic rings. The Labute approximate surface area is 197 Å². The first-order valence-electron chi connectivity index (χ1n) is 11.2. The van der Waals surface area contributed by atoms with Crippen LogP contribution in [0.25, 0.3) is 0 Å². The maximum Gasteiger partial charge on any atom is 0.313 e. The summed E-state index contributed by atoms with van der Waals surface area (Å²) in [5.74, 6) is -1.64. The molecule has 8 nitrogen and oxygen atoms in total. The molecule has 0 fully saturated rings. The predicted molar refractivity (Wildman–Crippen MR) is 131 cm³/mol. The van der Waals surface area contributed by atoms with Gasteiger partial charge in [-0.05, 0) is 54.2 Å². The molecule has 0 atom stereocenters. The average molecular weight is 459 g/mol. The molecule has 0 saturated carbocycles. The Morgan fingerprint density at radius 3 is 2.47 bits per heavy atom. The van der Waals surface area contributed by atoms with E-state index < -0.39 is 16.7 Å². The number of hydrogen-bond donors (Lipinski definition) is 2. The largest absolute Gasteiger partial charge is 0.367 e. The van der Waals surface area contributed by atoms with E-state index in [4.69, 9.17) is 0 Å². The second-order valence-corrected chi connectivity index (χ2v) is 8.32. The molecule has 4 rings (SSSR count). The topological polar surface area (TPSA) is 105 Å². The summed E-state index contributed by atoms with van der Waals surface area (Å²) in [6.45, 7) is 3.87. The minimum Gasteiger partial charge on any atom is -0.367 e. The Morgan fingerprint density at radius 1 is 1.00 bits per heavy atom. The number of anilines is 2. The van der Waals surface area contributed by atoms with Crippen molar-refractivity contribution in [3.63, 3.8) is 0 Å². The van der Waals surface area contributed by atoms with Crippen LogP contribution in [0.1, 0.15) is 22.3 Å². The number of rotatable bonds is 6. The van der Waals surface area contributed by atoms with Gasteiger partial charge in [-0.2, -0.15) is 0 Å². The third kappa shape index (κ3) is 5.40. The summed E-state index contributed by atoms with van der Waals surface area (Å²) < 4.78 is 0. The molecule has 2 amide bonds. The number of hydrogen-bond acceptors (Lipinski definition) is 5. The van der Waals surface area contributed by atoms with Crippen LogP contribution < -0.4 is 15.5 Å². The van der Waals surface area contributed by atoms with Crippen LogP contribution in [0.4, 0.5) is 17.1 Å². The number of non-ortho nitro benzene ring substituents is 1. The van der Waals surface area contributed by atoms with Gasteiger partial charge in [0.15, 0.2) is 0 Å². The first kappa shape index (κ1) is 23.0. The van der Waals surface area contributed by atoms with E-state index in [-0.39, 0.29) is 11.4 Å². The van der Waals surface area contributed by atoms with E-state index in [0.717, 1.165) is 30.8 Å². The number of nitrogens with one attached hydrogen (secondary N) is 2. The van der Waals surface area contributed by atoms with Crippen LogP contribution >= 0.6 is 0 Å². The van der Waals surface area contributed by atoms with Crippen LogP contribution in [0.5, 0.6) is 0 Å². The van der Waals surface area contributed by atoms with E-state index in [1.807, 2.05) is 12.1 Å². The first-order chi connectivity index (χ1) is 16.4. The molecule has 3 aromatic rings. The van der Waals surface area contributed by atoms with Crippen LogP contribution in [-0.4, -0.2) is 29.8 Å². The minimum absolute atomic E-state index is 0.154. The molecule has 0 unspecified atom stereocenters. The maximum atomic E-state index is 12.2. The van der Waals surface area contributed by atoms with E-state index in [9.17, 15) is 19.7 Å². The van der Waals surface area contributed by atoms with Crippen LogP contribution in [0, 0.1) is 17.0 Å². The van der Waals surface area contributed by atoms with E-state index >= 15 is 0 Å². The smallest absolute Gasteiger partial charge is 0.313 e. The van der Waals surface area contributed by atoms with Crippen molar-refractivity contribution in [3.05, 3.63) is 99.1 Å². The Balaban J connectivity index is 1.27. The van der Waals surface area contributed by atoms with Crippen molar-refractivity contribution >= 4 is 28.9 Å². The molecule has 174 valence electrons. The molecule has 34 heavy (non-hydrogen) atoms. The molecule has 0 radical (unpaired) electrons. The lowest BCUT2D eigenvalue weighted by Gasteiger charge is -2.30. The van der Waals surface area contributed by atoms with Crippen molar-refractivity contribution < 1.29 is 14.5 Å². The average Bonchev–Trinajstić information content (AvgIpc) is 2.85. The van der Waals surface area contributed by atoms with Gasteiger partial charge in [-0.1, -0.05) is 42.5 Å². The molecule has 0 spiro atoms. The monoisotopic (exact) mass is 458 g/mol. The molecule has 8 heteroatoms. The van der Waals surface area contributed by atoms with Gasteiger partial charge in [-0.3, -0.25) is 19.7 Å². The molecule has 1 aliphatic heterocycles. The van der Waals surface area contributed by atoms with E-state index in [1.165, 1.54) is 29.3 Å². The number of nitrogens with zero attached hydrogens (tertiary/aromatic N) is 2. The lowest BCUT2D eigenvalue weighted by Crippen LogP contribution is -2.36. The van der Waals surface area contributed by atoms with E-state index in [2.05, 4.69) is 51.9 Å². The SMILES string of the molecule is Cc1ccc([N+](=O)[O-])cc1NC(=O)C(=O)NCCc1ccc(N2CCc3ccccc3C2)cc1. The highest BCUT2D eigenvalue weighted by atomic mass is 16.6. The Bertz CT molecular complexity index is 1220. The third-order valence-electron chi connectivity index (χ3n) is 6.02. The zero-order chi connectivity index (χ0) is 24.1. The summed E-state index contributed by atoms with van der Waals surface area (Å²) in [5, 5.41) is 16.0. The standard InChI is InChI=1S/C26H26N4O4/c1-18-6-9-23(30(33)34)16-24(18)28-26(32)25(31)27-14-12-19-7-10-22(11-8-19)29-15-13-20-4-2-3-5-21(20)17-29/h2-11,16H,12-15,17H2,1H3,(H,27,31)(H,28,32). The normalized spacial score (nSPS) is 12.6. The van der Waals surface area contributed by atoms with Crippen molar-refractivity contribution in [2.45, 2.75) is 26.3 Å². The van der Waals surface area contributed by atoms with Crippen molar-refractivity contribution in [1.82, 2.24) is 5.32 Å². The summed E-state index contributed by atoms with van der Waals surface area (Å²) in [6, 6.07) is 20.9. The van der Waals surface area contributed by atoms with Crippen LogP contribution in [-0.2, 0) is 29.0 Å². The van der Waals surface area contributed by atoms with Crippen molar-refractivity contribution in [2.24, 2.45) is 0 Å².